The number of para-hydroxylation sites is 1. The molecule has 1 aliphatic rings. The van der Waals surface area contributed by atoms with Gasteiger partial charge in [-0.2, -0.15) is 0 Å². The van der Waals surface area contributed by atoms with Gasteiger partial charge in [0.05, 0.1) is 24.2 Å². The zero-order valence-electron chi connectivity index (χ0n) is 14.3. The van der Waals surface area contributed by atoms with E-state index in [0.29, 0.717) is 16.8 Å². The van der Waals surface area contributed by atoms with Crippen molar-refractivity contribution in [1.29, 1.82) is 0 Å². The average molecular weight is 360 g/mol. The molecule has 1 aliphatic carbocycles. The van der Waals surface area contributed by atoms with Crippen LogP contribution in [0, 0.1) is 0 Å². The number of carbonyl (C=O) groups excluding carboxylic acids is 2. The minimum absolute atomic E-state index is 0.0746. The molecule has 0 bridgehead atoms. The molecule has 3 aromatic rings. The molecular weight excluding hydrogens is 344 g/mol. The van der Waals surface area contributed by atoms with Crippen molar-refractivity contribution in [3.63, 3.8) is 0 Å². The highest BCUT2D eigenvalue weighted by Crippen LogP contribution is 2.19. The Morgan fingerprint density at radius 1 is 0.963 bits per heavy atom. The molecule has 0 radical (unpaired) electrons. The highest BCUT2D eigenvalue weighted by molar-refractivity contribution is 6.24. The molecule has 7 heteroatoms. The van der Waals surface area contributed by atoms with E-state index in [2.05, 4.69) is 15.6 Å². The predicted molar refractivity (Wildman–Crippen MR) is 97.3 cm³/mol. The van der Waals surface area contributed by atoms with Crippen molar-refractivity contribution < 1.29 is 14.3 Å². The lowest BCUT2D eigenvalue weighted by Crippen LogP contribution is -2.28. The van der Waals surface area contributed by atoms with Gasteiger partial charge in [0.25, 0.3) is 0 Å². The third-order valence-corrected chi connectivity index (χ3v) is 4.13. The Balaban J connectivity index is 1.33. The number of carbonyl (C=O) groups is 2. The van der Waals surface area contributed by atoms with Crippen LogP contribution in [0.1, 0.15) is 26.4 Å². The molecule has 0 atom stereocenters. The number of ether oxygens (including phenoxy) is 1. The lowest BCUT2D eigenvalue weighted by atomic mass is 9.93. The van der Waals surface area contributed by atoms with Crippen molar-refractivity contribution in [2.45, 2.75) is 6.61 Å². The summed E-state index contributed by atoms with van der Waals surface area (Å²) in [6, 6.07) is 16.4. The Kier molecular flexibility index (Phi) is 4.59. The first-order valence-electron chi connectivity index (χ1n) is 8.40. The smallest absolute Gasteiger partial charge is 0.209 e. The van der Waals surface area contributed by atoms with Gasteiger partial charge in [-0.05, 0) is 12.1 Å². The summed E-state index contributed by atoms with van der Waals surface area (Å²) >= 11 is 0. The summed E-state index contributed by atoms with van der Waals surface area (Å²) < 4.78 is 7.17. The number of ketones is 2. The monoisotopic (exact) mass is 360 g/mol. The van der Waals surface area contributed by atoms with Crippen LogP contribution in [-0.4, -0.2) is 33.3 Å². The van der Waals surface area contributed by atoms with Gasteiger partial charge in [-0.25, -0.2) is 4.68 Å². The standard InChI is InChI=1S/C20H16N4O3/c25-19-10-18(20(26)17-9-5-4-8-16(17)19)21-13-27-12-14-11-24(23-22-14)15-6-2-1-3-7-15/h1-11,21H,12-13H2. The normalized spacial score (nSPS) is 13.3. The molecule has 7 nitrogen and oxygen atoms in total. The van der Waals surface area contributed by atoms with Gasteiger partial charge in [-0.3, -0.25) is 9.59 Å². The molecule has 0 aliphatic heterocycles. The largest absolute Gasteiger partial charge is 0.359 e. The maximum Gasteiger partial charge on any atom is 0.209 e. The van der Waals surface area contributed by atoms with Gasteiger partial charge in [0.2, 0.25) is 5.78 Å². The molecule has 0 saturated carbocycles. The van der Waals surface area contributed by atoms with Crippen molar-refractivity contribution in [2.75, 3.05) is 6.73 Å². The van der Waals surface area contributed by atoms with Gasteiger partial charge in [0.1, 0.15) is 12.4 Å². The van der Waals surface area contributed by atoms with Gasteiger partial charge < -0.3 is 10.1 Å². The Labute approximate surface area is 155 Å². The second-order valence-electron chi connectivity index (χ2n) is 5.96. The topological polar surface area (TPSA) is 86.1 Å². The molecule has 1 N–H and O–H groups in total. The highest BCUT2D eigenvalue weighted by Gasteiger charge is 2.24. The van der Waals surface area contributed by atoms with E-state index in [1.807, 2.05) is 30.3 Å². The number of rotatable bonds is 6. The van der Waals surface area contributed by atoms with E-state index in [1.54, 1.807) is 35.1 Å². The SMILES string of the molecule is O=C1C=C(NCOCc2cn(-c3ccccc3)nn2)C(=O)c2ccccc21. The fourth-order valence-electron chi connectivity index (χ4n) is 2.80. The number of allylic oxidation sites excluding steroid dienone is 2. The quantitative estimate of drug-likeness (QED) is 0.536. The van der Waals surface area contributed by atoms with E-state index < -0.39 is 0 Å². The van der Waals surface area contributed by atoms with E-state index in [4.69, 9.17) is 4.74 Å². The Bertz CT molecular complexity index is 1020. The van der Waals surface area contributed by atoms with Gasteiger partial charge in [0, 0.05) is 17.2 Å². The third-order valence-electron chi connectivity index (χ3n) is 4.13. The number of nitrogens with zero attached hydrogens (tertiary/aromatic N) is 3. The Hall–Kier alpha value is -3.58. The number of benzene rings is 2. The van der Waals surface area contributed by atoms with Gasteiger partial charge in [0.15, 0.2) is 5.78 Å². The van der Waals surface area contributed by atoms with Gasteiger partial charge in [-0.15, -0.1) is 5.10 Å². The molecule has 0 fully saturated rings. The summed E-state index contributed by atoms with van der Waals surface area (Å²) in [6.45, 7) is 0.303. The van der Waals surface area contributed by atoms with Crippen LogP contribution in [0.15, 0.2) is 72.6 Å². The fraction of sp³-hybridized carbons (Fsp3) is 0.100. The van der Waals surface area contributed by atoms with E-state index in [-0.39, 0.29) is 30.6 Å². The second kappa shape index (κ2) is 7.35. The minimum atomic E-state index is -0.219. The molecule has 1 heterocycles. The summed E-state index contributed by atoms with van der Waals surface area (Å²) in [5.41, 5.74) is 2.62. The van der Waals surface area contributed by atoms with Crippen LogP contribution in [0.2, 0.25) is 0 Å². The van der Waals surface area contributed by atoms with Crippen LogP contribution in [-0.2, 0) is 11.3 Å². The summed E-state index contributed by atoms with van der Waals surface area (Å²) in [7, 11) is 0. The van der Waals surface area contributed by atoms with Crippen molar-refractivity contribution in [2.24, 2.45) is 0 Å². The summed E-state index contributed by atoms with van der Waals surface area (Å²) in [5.74, 6) is -0.415. The average Bonchev–Trinajstić information content (AvgIpc) is 3.18. The number of hydrogen-bond donors (Lipinski definition) is 1. The maximum atomic E-state index is 12.4. The zero-order valence-corrected chi connectivity index (χ0v) is 14.3. The molecular formula is C20H16N4O3. The molecule has 134 valence electrons. The highest BCUT2D eigenvalue weighted by atomic mass is 16.5. The fourth-order valence-corrected chi connectivity index (χ4v) is 2.80. The first-order chi connectivity index (χ1) is 13.2. The van der Waals surface area contributed by atoms with Crippen LogP contribution in [0.5, 0.6) is 0 Å². The Morgan fingerprint density at radius 2 is 1.70 bits per heavy atom. The number of Topliss-reactive ketones (excluding diaryl/α,β-unsaturated/α-hetero) is 1. The van der Waals surface area contributed by atoms with E-state index in [0.717, 1.165) is 5.69 Å². The number of aromatic nitrogens is 3. The van der Waals surface area contributed by atoms with Crippen LogP contribution < -0.4 is 5.32 Å². The number of fused-ring (bicyclic) bond motifs is 1. The van der Waals surface area contributed by atoms with E-state index in [1.165, 1.54) is 6.08 Å². The molecule has 27 heavy (non-hydrogen) atoms. The van der Waals surface area contributed by atoms with Crippen molar-refractivity contribution in [3.8, 4) is 5.69 Å². The maximum absolute atomic E-state index is 12.4. The third kappa shape index (κ3) is 3.54. The van der Waals surface area contributed by atoms with E-state index >= 15 is 0 Å². The van der Waals surface area contributed by atoms with Crippen molar-refractivity contribution >= 4 is 11.6 Å². The number of nitrogens with one attached hydrogen (secondary N) is 1. The minimum Gasteiger partial charge on any atom is -0.359 e. The molecule has 0 saturated heterocycles. The van der Waals surface area contributed by atoms with Gasteiger partial charge in [-0.1, -0.05) is 47.7 Å². The first-order valence-corrected chi connectivity index (χ1v) is 8.40. The molecule has 4 rings (SSSR count). The van der Waals surface area contributed by atoms with Crippen LogP contribution in [0.25, 0.3) is 5.69 Å². The van der Waals surface area contributed by atoms with Crippen LogP contribution in [0.3, 0.4) is 0 Å². The lowest BCUT2D eigenvalue weighted by Gasteiger charge is -2.16. The summed E-state index contributed by atoms with van der Waals surface area (Å²) in [4.78, 5) is 24.5. The van der Waals surface area contributed by atoms with Crippen LogP contribution in [0.4, 0.5) is 0 Å². The second-order valence-corrected chi connectivity index (χ2v) is 5.96. The Morgan fingerprint density at radius 3 is 2.52 bits per heavy atom. The van der Waals surface area contributed by atoms with Crippen LogP contribution >= 0.6 is 0 Å². The predicted octanol–water partition coefficient (Wildman–Crippen LogP) is 2.29. The summed E-state index contributed by atoms with van der Waals surface area (Å²) in [6.07, 6.45) is 3.08. The van der Waals surface area contributed by atoms with Gasteiger partial charge >= 0.3 is 0 Å². The molecule has 2 aromatic carbocycles. The molecule has 0 amide bonds. The summed E-state index contributed by atoms with van der Waals surface area (Å²) in [5, 5.41) is 11.0. The van der Waals surface area contributed by atoms with Crippen molar-refractivity contribution in [1.82, 2.24) is 20.3 Å². The zero-order chi connectivity index (χ0) is 18.6. The first kappa shape index (κ1) is 16.9. The number of hydrogen-bond acceptors (Lipinski definition) is 6. The van der Waals surface area contributed by atoms with E-state index in [9.17, 15) is 9.59 Å². The molecule has 0 unspecified atom stereocenters. The molecule has 1 aromatic heterocycles. The van der Waals surface area contributed by atoms with Crippen molar-refractivity contribution in [3.05, 3.63) is 89.4 Å². The molecule has 0 spiro atoms. The lowest BCUT2D eigenvalue weighted by molar-refractivity contribution is 0.0915.